The number of alkyl halides is 2. The number of aromatic nitrogens is 1. The van der Waals surface area contributed by atoms with E-state index in [2.05, 4.69) is 23.7 Å². The maximum Gasteiger partial charge on any atom is 0.267 e. The number of hydrogen-bond donors (Lipinski definition) is 1. The van der Waals surface area contributed by atoms with Crippen LogP contribution in [-0.2, 0) is 18.4 Å². The number of nitrogens with two attached hydrogens (primary N) is 1. The van der Waals surface area contributed by atoms with Crippen molar-refractivity contribution in [3.63, 3.8) is 0 Å². The summed E-state index contributed by atoms with van der Waals surface area (Å²) in [6, 6.07) is 1.75. The molecule has 2 aliphatic rings. The van der Waals surface area contributed by atoms with E-state index < -0.39 is 23.7 Å². The van der Waals surface area contributed by atoms with E-state index in [4.69, 9.17) is 5.73 Å². The fourth-order valence-corrected chi connectivity index (χ4v) is 4.23. The highest BCUT2D eigenvalue weighted by atomic mass is 19.3. The highest BCUT2D eigenvalue weighted by Gasteiger charge is 2.47. The van der Waals surface area contributed by atoms with Crippen molar-refractivity contribution in [2.24, 2.45) is 17.6 Å². The molecule has 0 saturated carbocycles. The van der Waals surface area contributed by atoms with Gasteiger partial charge in [0.05, 0.1) is 5.69 Å². The number of pyridine rings is 1. The maximum atomic E-state index is 14.1. The summed E-state index contributed by atoms with van der Waals surface area (Å²) in [5.74, 6) is -4.54. The number of likely N-dealkylation sites (tertiary alicyclic amines) is 1. The van der Waals surface area contributed by atoms with Crippen LogP contribution < -0.4 is 5.73 Å². The van der Waals surface area contributed by atoms with Crippen LogP contribution in [0, 0.1) is 11.8 Å². The number of rotatable bonds is 3. The Kier molecular flexibility index (Phi) is 4.38. The Morgan fingerprint density at radius 3 is 2.48 bits per heavy atom. The highest BCUT2D eigenvalue weighted by molar-refractivity contribution is 5.91. The zero-order valence-corrected chi connectivity index (χ0v) is 15.4. The molecule has 1 aliphatic heterocycles. The third kappa shape index (κ3) is 3.16. The molecule has 1 saturated heterocycles. The second-order valence-corrected chi connectivity index (χ2v) is 8.41. The molecule has 0 spiro atoms. The SMILES string of the molecule is C[C@@H]1CN(Cc2cc(C(N)=O)nc3c2CCC3(C)C)C[C@H](C)C1(F)F. The predicted molar refractivity (Wildman–Crippen MR) is 92.7 cm³/mol. The van der Waals surface area contributed by atoms with Crippen LogP contribution >= 0.6 is 0 Å². The fourth-order valence-electron chi connectivity index (χ4n) is 4.23. The smallest absolute Gasteiger partial charge is 0.267 e. The van der Waals surface area contributed by atoms with Crippen LogP contribution in [-0.4, -0.2) is 34.8 Å². The van der Waals surface area contributed by atoms with Crippen LogP contribution in [0.4, 0.5) is 8.78 Å². The molecular weight excluding hydrogens is 324 g/mol. The maximum absolute atomic E-state index is 14.1. The third-order valence-corrected chi connectivity index (χ3v) is 5.88. The molecule has 4 nitrogen and oxygen atoms in total. The normalized spacial score (nSPS) is 27.9. The van der Waals surface area contributed by atoms with E-state index in [1.165, 1.54) is 0 Å². The topological polar surface area (TPSA) is 59.2 Å². The minimum Gasteiger partial charge on any atom is -0.364 e. The molecule has 2 atom stereocenters. The molecule has 138 valence electrons. The van der Waals surface area contributed by atoms with Crippen LogP contribution in [0.1, 0.15) is 61.4 Å². The lowest BCUT2D eigenvalue weighted by atomic mass is 9.86. The summed E-state index contributed by atoms with van der Waals surface area (Å²) < 4.78 is 28.2. The molecule has 0 radical (unpaired) electrons. The molecule has 1 amide bonds. The molecule has 1 aromatic heterocycles. The molecule has 2 N–H and O–H groups in total. The predicted octanol–water partition coefficient (Wildman–Crippen LogP) is 3.13. The summed E-state index contributed by atoms with van der Waals surface area (Å²) >= 11 is 0. The van der Waals surface area contributed by atoms with Crippen LogP contribution in [0.25, 0.3) is 0 Å². The van der Waals surface area contributed by atoms with E-state index in [1.807, 2.05) is 0 Å². The van der Waals surface area contributed by atoms with E-state index in [0.29, 0.717) is 19.6 Å². The van der Waals surface area contributed by atoms with Crippen molar-refractivity contribution in [1.82, 2.24) is 9.88 Å². The van der Waals surface area contributed by atoms with E-state index in [0.717, 1.165) is 29.7 Å². The van der Waals surface area contributed by atoms with Crippen molar-refractivity contribution in [2.45, 2.75) is 58.4 Å². The monoisotopic (exact) mass is 351 g/mol. The average Bonchev–Trinajstić information content (AvgIpc) is 2.81. The Bertz CT molecular complexity index is 688. The average molecular weight is 351 g/mol. The molecule has 0 bridgehead atoms. The first-order valence-electron chi connectivity index (χ1n) is 8.95. The zero-order chi connectivity index (χ0) is 18.6. The summed E-state index contributed by atoms with van der Waals surface area (Å²) in [5, 5.41) is 0. The first kappa shape index (κ1) is 18.2. The molecule has 25 heavy (non-hydrogen) atoms. The van der Waals surface area contributed by atoms with E-state index in [1.54, 1.807) is 19.9 Å². The van der Waals surface area contributed by atoms with Gasteiger partial charge in [-0.3, -0.25) is 9.69 Å². The van der Waals surface area contributed by atoms with Gasteiger partial charge in [-0.05, 0) is 30.0 Å². The second-order valence-electron chi connectivity index (χ2n) is 8.41. The minimum absolute atomic E-state index is 0.0922. The lowest BCUT2D eigenvalue weighted by Gasteiger charge is -2.41. The molecular formula is C19H27F2N3O. The first-order chi connectivity index (χ1) is 11.5. The highest BCUT2D eigenvalue weighted by Crippen LogP contribution is 2.41. The lowest BCUT2D eigenvalue weighted by molar-refractivity contribution is -0.140. The Morgan fingerprint density at radius 2 is 1.92 bits per heavy atom. The van der Waals surface area contributed by atoms with Crippen LogP contribution in [0.5, 0.6) is 0 Å². The van der Waals surface area contributed by atoms with Gasteiger partial charge in [0.1, 0.15) is 5.69 Å². The number of primary amides is 1. The van der Waals surface area contributed by atoms with Gasteiger partial charge in [-0.15, -0.1) is 0 Å². The summed E-state index contributed by atoms with van der Waals surface area (Å²) in [6.07, 6.45) is 1.87. The summed E-state index contributed by atoms with van der Waals surface area (Å²) in [4.78, 5) is 18.3. The summed E-state index contributed by atoms with van der Waals surface area (Å²) in [7, 11) is 0. The van der Waals surface area contributed by atoms with E-state index in [-0.39, 0.29) is 11.1 Å². The van der Waals surface area contributed by atoms with Gasteiger partial charge in [0.15, 0.2) is 0 Å². The van der Waals surface area contributed by atoms with Crippen molar-refractivity contribution < 1.29 is 13.6 Å². The number of halogens is 2. The number of hydrogen-bond acceptors (Lipinski definition) is 3. The van der Waals surface area contributed by atoms with Gasteiger partial charge in [0.25, 0.3) is 11.8 Å². The number of fused-ring (bicyclic) bond motifs is 1. The van der Waals surface area contributed by atoms with Gasteiger partial charge in [-0.25, -0.2) is 13.8 Å². The Balaban J connectivity index is 1.92. The Morgan fingerprint density at radius 1 is 1.32 bits per heavy atom. The zero-order valence-electron chi connectivity index (χ0n) is 15.4. The molecule has 3 rings (SSSR count). The number of piperidine rings is 1. The van der Waals surface area contributed by atoms with Gasteiger partial charge < -0.3 is 5.73 Å². The van der Waals surface area contributed by atoms with Crippen molar-refractivity contribution in [3.05, 3.63) is 28.6 Å². The minimum atomic E-state index is -2.63. The number of carbonyl (C=O) groups excluding carboxylic acids is 1. The molecule has 1 fully saturated rings. The van der Waals surface area contributed by atoms with E-state index in [9.17, 15) is 13.6 Å². The molecule has 1 aliphatic carbocycles. The largest absolute Gasteiger partial charge is 0.364 e. The second kappa shape index (κ2) is 6.01. The number of amides is 1. The van der Waals surface area contributed by atoms with Crippen molar-refractivity contribution >= 4 is 5.91 Å². The Hall–Kier alpha value is -1.56. The summed E-state index contributed by atoms with van der Waals surface area (Å²) in [5.41, 5.74) is 8.74. The van der Waals surface area contributed by atoms with Gasteiger partial charge in [-0.2, -0.15) is 0 Å². The van der Waals surface area contributed by atoms with Gasteiger partial charge in [0, 0.05) is 36.9 Å². The molecule has 1 aromatic rings. The molecule has 2 heterocycles. The standard InChI is InChI=1S/C19H27F2N3O/c1-11-8-24(9-12(2)19(11,20)21)10-13-7-15(17(22)25)23-16-14(13)5-6-18(16,3)4/h7,11-12H,5-6,8-10H2,1-4H3,(H2,22,25)/t11-,12+. The van der Waals surface area contributed by atoms with Crippen LogP contribution in [0.3, 0.4) is 0 Å². The van der Waals surface area contributed by atoms with Gasteiger partial charge in [0.2, 0.25) is 0 Å². The van der Waals surface area contributed by atoms with Crippen molar-refractivity contribution in [1.29, 1.82) is 0 Å². The number of carbonyl (C=O) groups is 1. The molecule has 0 unspecified atom stereocenters. The van der Waals surface area contributed by atoms with Gasteiger partial charge in [-0.1, -0.05) is 27.7 Å². The van der Waals surface area contributed by atoms with Crippen LogP contribution in [0.2, 0.25) is 0 Å². The first-order valence-corrected chi connectivity index (χ1v) is 8.95. The quantitative estimate of drug-likeness (QED) is 0.910. The summed E-state index contributed by atoms with van der Waals surface area (Å²) in [6.45, 7) is 8.71. The van der Waals surface area contributed by atoms with Crippen molar-refractivity contribution in [3.8, 4) is 0 Å². The molecule has 0 aromatic carbocycles. The van der Waals surface area contributed by atoms with Crippen LogP contribution in [0.15, 0.2) is 6.07 Å². The van der Waals surface area contributed by atoms with Gasteiger partial charge >= 0.3 is 0 Å². The lowest BCUT2D eigenvalue weighted by Crippen LogP contribution is -2.51. The fraction of sp³-hybridized carbons (Fsp3) is 0.684. The van der Waals surface area contributed by atoms with E-state index >= 15 is 0 Å². The third-order valence-electron chi connectivity index (χ3n) is 5.88. The van der Waals surface area contributed by atoms with Crippen molar-refractivity contribution in [2.75, 3.05) is 13.1 Å². The number of nitrogens with zero attached hydrogens (tertiary/aromatic N) is 2. The Labute approximate surface area is 147 Å². The molecule has 6 heteroatoms.